The minimum Gasteiger partial charge on any atom is -0.501 e. The van der Waals surface area contributed by atoms with Crippen LogP contribution in [-0.2, 0) is 9.53 Å². The van der Waals surface area contributed by atoms with Crippen LogP contribution in [0.3, 0.4) is 0 Å². The lowest BCUT2D eigenvalue weighted by Gasteiger charge is -1.92. The first kappa shape index (κ1) is 8.01. The van der Waals surface area contributed by atoms with Gasteiger partial charge in [-0.15, -0.1) is 0 Å². The van der Waals surface area contributed by atoms with E-state index in [0.29, 0.717) is 6.61 Å². The fraction of sp³-hybridized carbons (Fsp3) is 0.500. The number of hydrogen-bond acceptors (Lipinski definition) is 2. The van der Waals surface area contributed by atoms with Gasteiger partial charge in [0.25, 0.3) is 0 Å². The maximum Gasteiger partial charge on any atom is 0.331 e. The van der Waals surface area contributed by atoms with E-state index in [1.54, 1.807) is 0 Å². The lowest BCUT2D eigenvalue weighted by atomic mass is 10.5. The summed E-state index contributed by atoms with van der Waals surface area (Å²) in [5.74, 6) is -0.980. The Labute approximate surface area is 53.9 Å². The van der Waals surface area contributed by atoms with Crippen LogP contribution in [0.25, 0.3) is 0 Å². The zero-order valence-electron chi connectivity index (χ0n) is 5.33. The van der Waals surface area contributed by atoms with E-state index in [-0.39, 0.29) is 0 Å². The van der Waals surface area contributed by atoms with E-state index in [0.717, 1.165) is 12.5 Å². The number of aliphatic carboxylic acids is 1. The van der Waals surface area contributed by atoms with Gasteiger partial charge in [0.15, 0.2) is 0 Å². The average Bonchev–Trinajstić information content (AvgIpc) is 1.80. The Morgan fingerprint density at radius 1 is 1.78 bits per heavy atom. The second kappa shape index (κ2) is 5.15. The van der Waals surface area contributed by atoms with Crippen molar-refractivity contribution in [3.8, 4) is 0 Å². The first-order valence-electron chi connectivity index (χ1n) is 2.78. The quantitative estimate of drug-likeness (QED) is 0.351. The summed E-state index contributed by atoms with van der Waals surface area (Å²) in [6.07, 6.45) is 3.05. The van der Waals surface area contributed by atoms with Crippen LogP contribution < -0.4 is 0 Å². The largest absolute Gasteiger partial charge is 0.501 e. The van der Waals surface area contributed by atoms with Crippen LogP contribution in [0.5, 0.6) is 0 Å². The Morgan fingerprint density at radius 3 is 2.89 bits per heavy atom. The van der Waals surface area contributed by atoms with Crippen LogP contribution >= 0.6 is 0 Å². The van der Waals surface area contributed by atoms with Gasteiger partial charge >= 0.3 is 5.97 Å². The van der Waals surface area contributed by atoms with Gasteiger partial charge in [0.2, 0.25) is 0 Å². The molecule has 0 aromatic rings. The minimum absolute atomic E-state index is 0.573. The molecule has 3 heteroatoms. The van der Waals surface area contributed by atoms with Crippen molar-refractivity contribution in [2.24, 2.45) is 0 Å². The fourth-order valence-corrected chi connectivity index (χ4v) is 0.292. The molecule has 0 saturated heterocycles. The Bertz CT molecular complexity index is 107. The third kappa shape index (κ3) is 7.01. The molecule has 0 aliphatic carbocycles. The number of carboxylic acids is 1. The van der Waals surface area contributed by atoms with Crippen molar-refractivity contribution in [3.63, 3.8) is 0 Å². The van der Waals surface area contributed by atoms with Crippen molar-refractivity contribution in [2.45, 2.75) is 13.3 Å². The van der Waals surface area contributed by atoms with E-state index >= 15 is 0 Å². The third-order valence-electron chi connectivity index (χ3n) is 0.629. The normalized spacial score (nSPS) is 9.89. The number of carboxylic acid groups (broad SMARTS) is 1. The number of hydrogen-bond donors (Lipinski definition) is 1. The topological polar surface area (TPSA) is 46.5 Å². The van der Waals surface area contributed by atoms with E-state index in [1.165, 1.54) is 6.26 Å². The van der Waals surface area contributed by atoms with Gasteiger partial charge < -0.3 is 9.84 Å². The molecule has 0 aliphatic rings. The maximum atomic E-state index is 9.80. The van der Waals surface area contributed by atoms with E-state index in [4.69, 9.17) is 9.84 Å². The van der Waals surface area contributed by atoms with Crippen molar-refractivity contribution in [3.05, 3.63) is 12.3 Å². The van der Waals surface area contributed by atoms with Gasteiger partial charge in [-0.1, -0.05) is 6.92 Å². The van der Waals surface area contributed by atoms with Gasteiger partial charge in [-0.2, -0.15) is 0 Å². The van der Waals surface area contributed by atoms with Crippen molar-refractivity contribution >= 4 is 5.97 Å². The molecule has 0 bridgehead atoms. The van der Waals surface area contributed by atoms with E-state index in [9.17, 15) is 4.79 Å². The minimum atomic E-state index is -0.980. The van der Waals surface area contributed by atoms with Crippen molar-refractivity contribution in [1.82, 2.24) is 0 Å². The molecule has 0 aliphatic heterocycles. The summed E-state index contributed by atoms with van der Waals surface area (Å²) in [7, 11) is 0. The number of carbonyl (C=O) groups is 1. The first-order valence-corrected chi connectivity index (χ1v) is 2.78. The third-order valence-corrected chi connectivity index (χ3v) is 0.629. The monoisotopic (exact) mass is 130 g/mol. The van der Waals surface area contributed by atoms with E-state index in [2.05, 4.69) is 0 Å². The summed E-state index contributed by atoms with van der Waals surface area (Å²) in [5.41, 5.74) is 0. The Morgan fingerprint density at radius 2 is 2.44 bits per heavy atom. The molecule has 0 radical (unpaired) electrons. The first-order chi connectivity index (χ1) is 4.27. The summed E-state index contributed by atoms with van der Waals surface area (Å²) in [4.78, 5) is 9.80. The molecule has 0 spiro atoms. The molecule has 0 heterocycles. The second-order valence-corrected chi connectivity index (χ2v) is 1.51. The van der Waals surface area contributed by atoms with Gasteiger partial charge in [0, 0.05) is 0 Å². The van der Waals surface area contributed by atoms with Gasteiger partial charge in [0.05, 0.1) is 18.9 Å². The summed E-state index contributed by atoms with van der Waals surface area (Å²) < 4.78 is 4.73. The molecule has 0 rings (SSSR count). The zero-order valence-corrected chi connectivity index (χ0v) is 5.33. The highest BCUT2D eigenvalue weighted by Crippen LogP contribution is 1.80. The second-order valence-electron chi connectivity index (χ2n) is 1.51. The molecule has 3 nitrogen and oxygen atoms in total. The summed E-state index contributed by atoms with van der Waals surface area (Å²) in [6.45, 7) is 2.53. The number of rotatable bonds is 4. The van der Waals surface area contributed by atoms with Crippen LogP contribution in [0.15, 0.2) is 12.3 Å². The fourth-order valence-electron chi connectivity index (χ4n) is 0.292. The summed E-state index contributed by atoms with van der Waals surface area (Å²) >= 11 is 0. The molecule has 9 heavy (non-hydrogen) atoms. The van der Waals surface area contributed by atoms with Gasteiger partial charge in [-0.3, -0.25) is 0 Å². The molecule has 0 unspecified atom stereocenters. The lowest BCUT2D eigenvalue weighted by Crippen LogP contribution is -1.88. The predicted molar refractivity (Wildman–Crippen MR) is 33.0 cm³/mol. The van der Waals surface area contributed by atoms with Gasteiger partial charge in [0.1, 0.15) is 0 Å². The highest BCUT2D eigenvalue weighted by molar-refractivity contribution is 5.79. The van der Waals surface area contributed by atoms with Crippen LogP contribution in [0.1, 0.15) is 13.3 Å². The number of ether oxygens (including phenoxy) is 1. The summed E-state index contributed by atoms with van der Waals surface area (Å²) in [5, 5.41) is 8.05. The van der Waals surface area contributed by atoms with Crippen LogP contribution in [0.4, 0.5) is 0 Å². The summed E-state index contributed by atoms with van der Waals surface area (Å²) in [6, 6.07) is 0. The zero-order chi connectivity index (χ0) is 7.11. The van der Waals surface area contributed by atoms with Crippen LogP contribution in [-0.4, -0.2) is 17.7 Å². The predicted octanol–water partition coefficient (Wildman–Crippen LogP) is 1.01. The van der Waals surface area contributed by atoms with Crippen LogP contribution in [0.2, 0.25) is 0 Å². The molecule has 52 valence electrons. The molecule has 0 aromatic heterocycles. The smallest absolute Gasteiger partial charge is 0.331 e. The van der Waals surface area contributed by atoms with E-state index in [1.807, 2.05) is 6.92 Å². The standard InChI is InChI=1S/C6H10O3/c1-2-4-9-5-3-6(7)8/h3,5H,2,4H2,1H3,(H,7,8)/b5-3+. The molecule has 0 amide bonds. The molecule has 1 N–H and O–H groups in total. The molecule has 0 fully saturated rings. The van der Waals surface area contributed by atoms with E-state index < -0.39 is 5.97 Å². The SMILES string of the molecule is CCCO/C=C/C(=O)O. The maximum absolute atomic E-state index is 9.80. The Kier molecular flexibility index (Phi) is 4.59. The van der Waals surface area contributed by atoms with Crippen molar-refractivity contribution < 1.29 is 14.6 Å². The van der Waals surface area contributed by atoms with Gasteiger partial charge in [-0.25, -0.2) is 4.79 Å². The van der Waals surface area contributed by atoms with Crippen molar-refractivity contribution in [2.75, 3.05) is 6.61 Å². The average molecular weight is 130 g/mol. The molecular formula is C6H10O3. The molecule has 0 saturated carbocycles. The Hall–Kier alpha value is -0.990. The van der Waals surface area contributed by atoms with Gasteiger partial charge in [-0.05, 0) is 6.42 Å². The highest BCUT2D eigenvalue weighted by atomic mass is 16.5. The molecule has 0 aromatic carbocycles. The van der Waals surface area contributed by atoms with Crippen molar-refractivity contribution in [1.29, 1.82) is 0 Å². The molecule has 0 atom stereocenters. The lowest BCUT2D eigenvalue weighted by molar-refractivity contribution is -0.131. The highest BCUT2D eigenvalue weighted by Gasteiger charge is 1.82. The molecular weight excluding hydrogens is 120 g/mol. The van der Waals surface area contributed by atoms with Crippen LogP contribution in [0, 0.1) is 0 Å². The Balaban J connectivity index is 3.15.